The van der Waals surface area contributed by atoms with Crippen LogP contribution in [0.25, 0.3) is 0 Å². The number of hydrogen-bond donors (Lipinski definition) is 2. The molecule has 10 nitrogen and oxygen atoms in total. The molecule has 0 radical (unpaired) electrons. The summed E-state index contributed by atoms with van der Waals surface area (Å²) in [6, 6.07) is 8.66. The molecule has 4 amide bonds. The number of anilines is 2. The highest BCUT2D eigenvalue weighted by atomic mass is 16.5. The third kappa shape index (κ3) is 6.32. The number of benzene rings is 2. The van der Waals surface area contributed by atoms with E-state index in [1.165, 1.54) is 25.3 Å². The topological polar surface area (TPSA) is 131 Å². The molecule has 10 heteroatoms. The Balaban J connectivity index is 1.93. The summed E-state index contributed by atoms with van der Waals surface area (Å²) in [6.07, 6.45) is -0.229. The number of ketones is 1. The maximum atomic E-state index is 13.4. The van der Waals surface area contributed by atoms with Crippen molar-refractivity contribution in [3.63, 3.8) is 0 Å². The Morgan fingerprint density at radius 2 is 1.76 bits per heavy atom. The standard InChI is InChI=1S/C27H31N3O7/c1-6-37-23(33)15-21(31)16-7-9-17(10-8-16)29-25(34)19-13-18(30-22(32)11-12-28-26(30)35)14-20(24(19)36-5)27(2,3)4/h7-10,13-14H,6,11-12,15H2,1-5H3,(H,28,35)(H,29,34). The van der Waals surface area contributed by atoms with Crippen LogP contribution in [0, 0.1) is 0 Å². The van der Waals surface area contributed by atoms with Crippen molar-refractivity contribution in [3.8, 4) is 5.75 Å². The number of nitrogens with zero attached hydrogens (tertiary/aromatic N) is 1. The molecule has 3 rings (SSSR count). The highest BCUT2D eigenvalue weighted by Gasteiger charge is 2.32. The number of urea groups is 1. The molecule has 37 heavy (non-hydrogen) atoms. The van der Waals surface area contributed by atoms with Gasteiger partial charge < -0.3 is 20.1 Å². The number of carbonyl (C=O) groups is 5. The lowest BCUT2D eigenvalue weighted by atomic mass is 9.84. The molecule has 0 atom stereocenters. The highest BCUT2D eigenvalue weighted by molar-refractivity contribution is 6.17. The van der Waals surface area contributed by atoms with Crippen LogP contribution in [0.15, 0.2) is 36.4 Å². The molecule has 2 aromatic carbocycles. The van der Waals surface area contributed by atoms with Gasteiger partial charge in [0.1, 0.15) is 12.2 Å². The minimum absolute atomic E-state index is 0.138. The Labute approximate surface area is 215 Å². The number of nitrogens with one attached hydrogen (secondary N) is 2. The molecular formula is C27H31N3O7. The maximum absolute atomic E-state index is 13.4. The number of amides is 4. The first-order chi connectivity index (χ1) is 17.5. The van der Waals surface area contributed by atoms with Gasteiger partial charge in [0.05, 0.1) is 25.0 Å². The van der Waals surface area contributed by atoms with Crippen LogP contribution < -0.4 is 20.3 Å². The van der Waals surface area contributed by atoms with Crippen LogP contribution in [0.5, 0.6) is 5.75 Å². The van der Waals surface area contributed by atoms with Crippen LogP contribution in [-0.4, -0.2) is 49.9 Å². The van der Waals surface area contributed by atoms with Gasteiger partial charge in [0.25, 0.3) is 5.91 Å². The second kappa shape index (κ2) is 11.2. The van der Waals surface area contributed by atoms with E-state index in [1.54, 1.807) is 25.1 Å². The first kappa shape index (κ1) is 27.4. The molecule has 0 unspecified atom stereocenters. The lowest BCUT2D eigenvalue weighted by Gasteiger charge is -2.30. The van der Waals surface area contributed by atoms with Gasteiger partial charge in [0.2, 0.25) is 5.91 Å². The van der Waals surface area contributed by atoms with Crippen molar-refractivity contribution < 1.29 is 33.4 Å². The van der Waals surface area contributed by atoms with Crippen molar-refractivity contribution >= 4 is 41.0 Å². The molecule has 0 spiro atoms. The third-order valence-corrected chi connectivity index (χ3v) is 5.73. The molecule has 0 aromatic heterocycles. The fraction of sp³-hybridized carbons (Fsp3) is 0.370. The van der Waals surface area contributed by atoms with Gasteiger partial charge in [-0.1, -0.05) is 20.8 Å². The number of esters is 1. The first-order valence-electron chi connectivity index (χ1n) is 11.9. The zero-order valence-electron chi connectivity index (χ0n) is 21.6. The van der Waals surface area contributed by atoms with Crippen molar-refractivity contribution in [1.82, 2.24) is 5.32 Å². The Morgan fingerprint density at radius 3 is 2.32 bits per heavy atom. The Kier molecular flexibility index (Phi) is 8.31. The van der Waals surface area contributed by atoms with E-state index in [0.717, 1.165) is 4.90 Å². The van der Waals surface area contributed by atoms with E-state index in [0.29, 0.717) is 22.6 Å². The van der Waals surface area contributed by atoms with Crippen LogP contribution in [0.1, 0.15) is 66.8 Å². The fourth-order valence-electron chi connectivity index (χ4n) is 3.91. The number of imide groups is 1. The van der Waals surface area contributed by atoms with E-state index >= 15 is 0 Å². The summed E-state index contributed by atoms with van der Waals surface area (Å²) in [5.74, 6) is -1.58. The fourth-order valence-corrected chi connectivity index (χ4v) is 3.91. The maximum Gasteiger partial charge on any atom is 0.328 e. The Hall–Kier alpha value is -4.21. The van der Waals surface area contributed by atoms with Crippen molar-refractivity contribution in [2.75, 3.05) is 30.5 Å². The smallest absolute Gasteiger partial charge is 0.328 e. The zero-order valence-corrected chi connectivity index (χ0v) is 21.6. The molecule has 0 aliphatic carbocycles. The molecule has 1 saturated heterocycles. The average Bonchev–Trinajstić information content (AvgIpc) is 2.83. The van der Waals surface area contributed by atoms with Crippen LogP contribution in [0.3, 0.4) is 0 Å². The molecule has 1 fully saturated rings. The van der Waals surface area contributed by atoms with Crippen LogP contribution in [-0.2, 0) is 19.7 Å². The van der Waals surface area contributed by atoms with Crippen LogP contribution >= 0.6 is 0 Å². The monoisotopic (exact) mass is 509 g/mol. The highest BCUT2D eigenvalue weighted by Crippen LogP contribution is 2.38. The number of hydrogen-bond acceptors (Lipinski definition) is 7. The molecule has 1 heterocycles. The molecule has 1 aliphatic heterocycles. The number of carbonyl (C=O) groups excluding carboxylic acids is 5. The zero-order chi connectivity index (χ0) is 27.3. The van der Waals surface area contributed by atoms with Gasteiger partial charge in [-0.2, -0.15) is 0 Å². The van der Waals surface area contributed by atoms with Gasteiger partial charge in [-0.05, 0) is 48.7 Å². The lowest BCUT2D eigenvalue weighted by Crippen LogP contribution is -2.50. The SMILES string of the molecule is CCOC(=O)CC(=O)c1ccc(NC(=O)c2cc(N3C(=O)CCNC3=O)cc(C(C)(C)C)c2OC)cc1. The number of Topliss-reactive ketones (excluding diaryl/α,β-unsaturated/α-hetero) is 1. The molecule has 1 aliphatic rings. The second-order valence-electron chi connectivity index (χ2n) is 9.47. The summed E-state index contributed by atoms with van der Waals surface area (Å²) >= 11 is 0. The van der Waals surface area contributed by atoms with Crippen LogP contribution in [0.4, 0.5) is 16.2 Å². The molecule has 0 saturated carbocycles. The van der Waals surface area contributed by atoms with E-state index in [9.17, 15) is 24.0 Å². The largest absolute Gasteiger partial charge is 0.496 e. The summed E-state index contributed by atoms with van der Waals surface area (Å²) in [7, 11) is 1.45. The third-order valence-electron chi connectivity index (χ3n) is 5.73. The Morgan fingerprint density at radius 1 is 1.08 bits per heavy atom. The summed E-state index contributed by atoms with van der Waals surface area (Å²) in [4.78, 5) is 63.3. The van der Waals surface area contributed by atoms with E-state index < -0.39 is 29.1 Å². The van der Waals surface area contributed by atoms with Crippen molar-refractivity contribution in [1.29, 1.82) is 0 Å². The number of rotatable bonds is 8. The van der Waals surface area contributed by atoms with Gasteiger partial charge in [-0.15, -0.1) is 0 Å². The predicted molar refractivity (Wildman–Crippen MR) is 137 cm³/mol. The summed E-state index contributed by atoms with van der Waals surface area (Å²) in [5.41, 5.74) is 1.26. The summed E-state index contributed by atoms with van der Waals surface area (Å²) < 4.78 is 10.4. The van der Waals surface area contributed by atoms with Gasteiger partial charge in [-0.25, -0.2) is 9.69 Å². The molecule has 0 bridgehead atoms. The van der Waals surface area contributed by atoms with Gasteiger partial charge in [0, 0.05) is 29.8 Å². The normalized spacial score (nSPS) is 13.6. The number of ether oxygens (including phenoxy) is 2. The molecule has 196 valence electrons. The van der Waals surface area contributed by atoms with E-state index in [4.69, 9.17) is 9.47 Å². The Bertz CT molecular complexity index is 1210. The quantitative estimate of drug-likeness (QED) is 0.314. The summed E-state index contributed by atoms with van der Waals surface area (Å²) in [5, 5.41) is 5.41. The first-order valence-corrected chi connectivity index (χ1v) is 11.9. The second-order valence-corrected chi connectivity index (χ2v) is 9.47. The molecular weight excluding hydrogens is 478 g/mol. The molecule has 2 N–H and O–H groups in total. The van der Waals surface area contributed by atoms with E-state index in [1.807, 2.05) is 20.8 Å². The predicted octanol–water partition coefficient (Wildman–Crippen LogP) is 3.83. The van der Waals surface area contributed by atoms with Crippen LogP contribution in [0.2, 0.25) is 0 Å². The lowest BCUT2D eigenvalue weighted by molar-refractivity contribution is -0.142. The van der Waals surface area contributed by atoms with E-state index in [2.05, 4.69) is 10.6 Å². The van der Waals surface area contributed by atoms with Gasteiger partial charge in [0.15, 0.2) is 5.78 Å². The summed E-state index contributed by atoms with van der Waals surface area (Å²) in [6.45, 7) is 7.90. The van der Waals surface area contributed by atoms with Gasteiger partial charge in [-0.3, -0.25) is 19.2 Å². The van der Waals surface area contributed by atoms with Crippen molar-refractivity contribution in [3.05, 3.63) is 53.1 Å². The van der Waals surface area contributed by atoms with Crippen molar-refractivity contribution in [2.45, 2.75) is 46.0 Å². The minimum Gasteiger partial charge on any atom is -0.496 e. The number of methoxy groups -OCH3 is 1. The minimum atomic E-state index is -0.604. The van der Waals surface area contributed by atoms with E-state index in [-0.39, 0.29) is 43.2 Å². The average molecular weight is 510 g/mol. The molecule has 2 aromatic rings. The van der Waals surface area contributed by atoms with Crippen molar-refractivity contribution in [2.24, 2.45) is 0 Å². The van der Waals surface area contributed by atoms with Gasteiger partial charge >= 0.3 is 12.0 Å².